The van der Waals surface area contributed by atoms with Gasteiger partial charge in [-0.1, -0.05) is 0 Å². The van der Waals surface area contributed by atoms with Gasteiger partial charge in [0.2, 0.25) is 0 Å². The first-order chi connectivity index (χ1) is 6.65. The Kier molecular flexibility index (Phi) is 2.25. The molecule has 0 bridgehead atoms. The number of hydrogen-bond acceptors (Lipinski definition) is 1. The van der Waals surface area contributed by atoms with Crippen molar-refractivity contribution in [2.75, 3.05) is 0 Å². The van der Waals surface area contributed by atoms with E-state index in [1.54, 1.807) is 6.07 Å². The van der Waals surface area contributed by atoms with Gasteiger partial charge in [0.15, 0.2) is 0 Å². The average Bonchev–Trinajstić information content (AvgIpc) is 2.44. The molecule has 1 heterocycles. The summed E-state index contributed by atoms with van der Waals surface area (Å²) in [6.45, 7) is 1.95. The number of fused-ring (bicyclic) bond motifs is 1. The Labute approximate surface area is 81.9 Å². The number of nitrogens with two attached hydrogens (primary N) is 1. The Bertz CT molecular complexity index is 445. The maximum atomic E-state index is 12.9. The van der Waals surface area contributed by atoms with Gasteiger partial charge in [0.25, 0.3) is 0 Å². The van der Waals surface area contributed by atoms with Crippen molar-refractivity contribution in [1.29, 1.82) is 0 Å². The number of benzene rings is 1. The lowest BCUT2D eigenvalue weighted by atomic mass is 10.2. The molecular formula is C11H13FN2. The molecule has 0 aliphatic carbocycles. The van der Waals surface area contributed by atoms with Crippen molar-refractivity contribution < 1.29 is 4.39 Å². The molecule has 3 N–H and O–H groups in total. The quantitative estimate of drug-likeness (QED) is 0.752. The van der Waals surface area contributed by atoms with Crippen LogP contribution in [0.2, 0.25) is 0 Å². The number of halogens is 1. The van der Waals surface area contributed by atoms with Crippen LogP contribution >= 0.6 is 0 Å². The van der Waals surface area contributed by atoms with E-state index >= 15 is 0 Å². The standard InChI is InChI=1S/C11H13FN2/c1-7(13)4-10-5-8-2-3-9(12)6-11(8)14-10/h2-3,5-7,14H,4,13H2,1H3/t7-/m1/s1. The summed E-state index contributed by atoms with van der Waals surface area (Å²) in [4.78, 5) is 3.15. The average molecular weight is 192 g/mol. The summed E-state index contributed by atoms with van der Waals surface area (Å²) in [5, 5.41) is 1.03. The van der Waals surface area contributed by atoms with Crippen LogP contribution in [-0.2, 0) is 6.42 Å². The molecule has 1 atom stereocenters. The predicted molar refractivity (Wildman–Crippen MR) is 55.6 cm³/mol. The lowest BCUT2D eigenvalue weighted by Crippen LogP contribution is -2.17. The Morgan fingerprint density at radius 2 is 2.21 bits per heavy atom. The Balaban J connectivity index is 2.41. The molecule has 1 aromatic heterocycles. The summed E-state index contributed by atoms with van der Waals surface area (Å²) in [5.74, 6) is -0.216. The van der Waals surface area contributed by atoms with Crippen LogP contribution in [0.3, 0.4) is 0 Å². The first-order valence-electron chi connectivity index (χ1n) is 4.68. The number of aromatic amines is 1. The highest BCUT2D eigenvalue weighted by Gasteiger charge is 2.03. The predicted octanol–water partition coefficient (Wildman–Crippen LogP) is 2.20. The van der Waals surface area contributed by atoms with Gasteiger partial charge in [-0.2, -0.15) is 0 Å². The highest BCUT2D eigenvalue weighted by atomic mass is 19.1. The number of rotatable bonds is 2. The highest BCUT2D eigenvalue weighted by molar-refractivity contribution is 5.80. The lowest BCUT2D eigenvalue weighted by molar-refractivity contribution is 0.629. The van der Waals surface area contributed by atoms with Crippen LogP contribution < -0.4 is 5.73 Å². The maximum Gasteiger partial charge on any atom is 0.125 e. The van der Waals surface area contributed by atoms with Crippen molar-refractivity contribution in [1.82, 2.24) is 4.98 Å². The largest absolute Gasteiger partial charge is 0.358 e. The SMILES string of the molecule is C[C@@H](N)Cc1cc2ccc(F)cc2[nH]1. The molecule has 74 valence electrons. The van der Waals surface area contributed by atoms with E-state index in [4.69, 9.17) is 5.73 Å². The maximum absolute atomic E-state index is 12.9. The summed E-state index contributed by atoms with van der Waals surface area (Å²) in [7, 11) is 0. The summed E-state index contributed by atoms with van der Waals surface area (Å²) >= 11 is 0. The van der Waals surface area contributed by atoms with Gasteiger partial charge in [-0.05, 0) is 36.6 Å². The van der Waals surface area contributed by atoms with Crippen LogP contribution in [-0.4, -0.2) is 11.0 Å². The summed E-state index contributed by atoms with van der Waals surface area (Å²) < 4.78 is 12.9. The van der Waals surface area contributed by atoms with Crippen molar-refractivity contribution in [3.63, 3.8) is 0 Å². The minimum atomic E-state index is -0.216. The van der Waals surface area contributed by atoms with Crippen LogP contribution in [0.5, 0.6) is 0 Å². The highest BCUT2D eigenvalue weighted by Crippen LogP contribution is 2.17. The third kappa shape index (κ3) is 1.77. The van der Waals surface area contributed by atoms with Crippen molar-refractivity contribution in [3.05, 3.63) is 35.8 Å². The molecule has 0 aliphatic rings. The monoisotopic (exact) mass is 192 g/mol. The molecule has 2 rings (SSSR count). The molecule has 0 aliphatic heterocycles. The van der Waals surface area contributed by atoms with Crippen LogP contribution in [0.15, 0.2) is 24.3 Å². The molecule has 14 heavy (non-hydrogen) atoms. The second-order valence-corrected chi connectivity index (χ2v) is 3.71. The van der Waals surface area contributed by atoms with Gasteiger partial charge < -0.3 is 10.7 Å². The summed E-state index contributed by atoms with van der Waals surface area (Å²) in [5.41, 5.74) is 7.57. The fourth-order valence-corrected chi connectivity index (χ4v) is 1.62. The molecule has 0 amide bonds. The van der Waals surface area contributed by atoms with Crippen molar-refractivity contribution in [3.8, 4) is 0 Å². The molecule has 3 heteroatoms. The zero-order valence-electron chi connectivity index (χ0n) is 8.05. The molecule has 0 spiro atoms. The summed E-state index contributed by atoms with van der Waals surface area (Å²) in [6.07, 6.45) is 0.788. The van der Waals surface area contributed by atoms with E-state index in [9.17, 15) is 4.39 Å². The third-order valence-corrected chi connectivity index (χ3v) is 2.18. The smallest absolute Gasteiger partial charge is 0.125 e. The number of aromatic nitrogens is 1. The third-order valence-electron chi connectivity index (χ3n) is 2.18. The van der Waals surface area contributed by atoms with Crippen LogP contribution in [0.4, 0.5) is 4.39 Å². The molecular weight excluding hydrogens is 179 g/mol. The van der Waals surface area contributed by atoms with Crippen molar-refractivity contribution in [2.24, 2.45) is 5.73 Å². The van der Waals surface area contributed by atoms with Gasteiger partial charge >= 0.3 is 0 Å². The van der Waals surface area contributed by atoms with E-state index in [1.807, 2.05) is 13.0 Å². The minimum Gasteiger partial charge on any atom is -0.358 e. The van der Waals surface area contributed by atoms with Crippen LogP contribution in [0.25, 0.3) is 10.9 Å². The lowest BCUT2D eigenvalue weighted by Gasteiger charge is -2.00. The Hall–Kier alpha value is -1.35. The summed E-state index contributed by atoms with van der Waals surface area (Å²) in [6, 6.07) is 6.86. The zero-order chi connectivity index (χ0) is 10.1. The fraction of sp³-hybridized carbons (Fsp3) is 0.273. The molecule has 2 aromatic rings. The molecule has 0 saturated carbocycles. The van der Waals surface area contributed by atoms with E-state index in [1.165, 1.54) is 12.1 Å². The topological polar surface area (TPSA) is 41.8 Å². The number of nitrogens with one attached hydrogen (secondary N) is 1. The molecule has 0 fully saturated rings. The molecule has 2 nitrogen and oxygen atoms in total. The van der Waals surface area contributed by atoms with Gasteiger partial charge in [0.05, 0.1) is 0 Å². The van der Waals surface area contributed by atoms with Crippen molar-refractivity contribution >= 4 is 10.9 Å². The molecule has 0 unspecified atom stereocenters. The van der Waals surface area contributed by atoms with E-state index in [-0.39, 0.29) is 11.9 Å². The van der Waals surface area contributed by atoms with E-state index in [0.717, 1.165) is 23.0 Å². The van der Waals surface area contributed by atoms with Gasteiger partial charge in [0.1, 0.15) is 5.82 Å². The first-order valence-corrected chi connectivity index (χ1v) is 4.68. The van der Waals surface area contributed by atoms with Crippen molar-refractivity contribution in [2.45, 2.75) is 19.4 Å². The van der Waals surface area contributed by atoms with Gasteiger partial charge in [-0.15, -0.1) is 0 Å². The van der Waals surface area contributed by atoms with Gasteiger partial charge in [-0.3, -0.25) is 0 Å². The van der Waals surface area contributed by atoms with Crippen LogP contribution in [0, 0.1) is 5.82 Å². The second kappa shape index (κ2) is 3.42. The molecule has 1 aromatic carbocycles. The van der Waals surface area contributed by atoms with E-state index < -0.39 is 0 Å². The zero-order valence-corrected chi connectivity index (χ0v) is 8.05. The fourth-order valence-electron chi connectivity index (χ4n) is 1.62. The van der Waals surface area contributed by atoms with Gasteiger partial charge in [0, 0.05) is 23.7 Å². The van der Waals surface area contributed by atoms with Gasteiger partial charge in [-0.25, -0.2) is 4.39 Å². The first kappa shape index (κ1) is 9.21. The molecule has 0 radical (unpaired) electrons. The van der Waals surface area contributed by atoms with E-state index in [2.05, 4.69) is 4.98 Å². The number of H-pyrrole nitrogens is 1. The number of hydrogen-bond donors (Lipinski definition) is 2. The Morgan fingerprint density at radius 1 is 1.43 bits per heavy atom. The minimum absolute atomic E-state index is 0.118. The Morgan fingerprint density at radius 3 is 2.93 bits per heavy atom. The van der Waals surface area contributed by atoms with Crippen LogP contribution in [0.1, 0.15) is 12.6 Å². The second-order valence-electron chi connectivity index (χ2n) is 3.71. The van der Waals surface area contributed by atoms with E-state index in [0.29, 0.717) is 0 Å². The normalized spacial score (nSPS) is 13.4. The molecule has 0 saturated heterocycles.